The maximum atomic E-state index is 5.48. The van der Waals surface area contributed by atoms with E-state index in [1.54, 1.807) is 42.7 Å². The van der Waals surface area contributed by atoms with Gasteiger partial charge in [0.2, 0.25) is 0 Å². The van der Waals surface area contributed by atoms with Crippen molar-refractivity contribution in [1.82, 2.24) is 0 Å². The highest BCUT2D eigenvalue weighted by molar-refractivity contribution is 8.76. The smallest absolute Gasteiger partial charge is 0.377 e. The Balaban J connectivity index is 3.28. The summed E-state index contributed by atoms with van der Waals surface area (Å²) in [6.45, 7) is 0. The second-order valence-electron chi connectivity index (χ2n) is 9.39. The van der Waals surface area contributed by atoms with Crippen molar-refractivity contribution in [2.45, 2.75) is 115 Å². The summed E-state index contributed by atoms with van der Waals surface area (Å²) in [5.74, 6) is 2.61. The summed E-state index contributed by atoms with van der Waals surface area (Å²) < 4.78 is 32.9. The van der Waals surface area contributed by atoms with E-state index in [-0.39, 0.29) is 0 Å². The number of hydrogen-bond acceptors (Lipinski definition) is 8. The molecule has 0 aromatic heterocycles. The molecule has 0 atom stereocenters. The zero-order chi connectivity index (χ0) is 26.8. The molecular formula is C26H58O6S2Si2. The second-order valence-corrected chi connectivity index (χ2v) is 18.3. The first-order valence-corrected chi connectivity index (χ1v) is 20.5. The molecule has 0 saturated carbocycles. The van der Waals surface area contributed by atoms with Gasteiger partial charge in [-0.2, -0.15) is 0 Å². The van der Waals surface area contributed by atoms with Gasteiger partial charge in [0.15, 0.2) is 0 Å². The average molecular weight is 587 g/mol. The van der Waals surface area contributed by atoms with Crippen LogP contribution in [0.2, 0.25) is 12.1 Å². The van der Waals surface area contributed by atoms with Gasteiger partial charge in [-0.15, -0.1) is 0 Å². The Hall–Kier alpha value is 0.894. The highest BCUT2D eigenvalue weighted by atomic mass is 33.1. The van der Waals surface area contributed by atoms with Crippen LogP contribution in [0, 0.1) is 0 Å². The van der Waals surface area contributed by atoms with Crippen LogP contribution in [0.25, 0.3) is 0 Å². The summed E-state index contributed by atoms with van der Waals surface area (Å²) >= 11 is 0. The number of rotatable bonds is 29. The Labute approximate surface area is 234 Å². The van der Waals surface area contributed by atoms with Gasteiger partial charge < -0.3 is 26.6 Å². The van der Waals surface area contributed by atoms with E-state index in [9.17, 15) is 0 Å². The predicted molar refractivity (Wildman–Crippen MR) is 162 cm³/mol. The van der Waals surface area contributed by atoms with E-state index in [0.717, 1.165) is 24.9 Å². The van der Waals surface area contributed by atoms with Crippen molar-refractivity contribution in [2.75, 3.05) is 54.2 Å². The molecule has 0 amide bonds. The molecule has 0 aliphatic rings. The third-order valence-corrected chi connectivity index (χ3v) is 15.1. The lowest BCUT2D eigenvalue weighted by Crippen LogP contribution is -2.42. The largest absolute Gasteiger partial charge is 0.500 e. The van der Waals surface area contributed by atoms with Crippen molar-refractivity contribution in [3.63, 3.8) is 0 Å². The first-order chi connectivity index (χ1) is 17.6. The van der Waals surface area contributed by atoms with Gasteiger partial charge in [0.1, 0.15) is 0 Å². The van der Waals surface area contributed by atoms with Crippen molar-refractivity contribution in [3.8, 4) is 0 Å². The molecule has 0 fully saturated rings. The van der Waals surface area contributed by atoms with Gasteiger partial charge in [0.25, 0.3) is 0 Å². The van der Waals surface area contributed by atoms with Crippen LogP contribution in [0.4, 0.5) is 0 Å². The standard InChI is InChI=1S/C26H58O6S2Si2/c1-27-35(28-2,29-3)25-21-17-13-9-7-11-15-19-23-33-34-24-20-16-12-8-10-14-18-22-26-36(30-4,31-5)32-6/h7-26H2,1-6H3. The van der Waals surface area contributed by atoms with Crippen LogP contribution in [0.1, 0.15) is 103 Å². The summed E-state index contributed by atoms with van der Waals surface area (Å²) in [6, 6.07) is 1.85. The molecule has 0 aliphatic heterocycles. The van der Waals surface area contributed by atoms with Gasteiger partial charge >= 0.3 is 17.6 Å². The van der Waals surface area contributed by atoms with Gasteiger partial charge in [-0.3, -0.25) is 0 Å². The third-order valence-electron chi connectivity index (χ3n) is 6.87. The summed E-state index contributed by atoms with van der Waals surface area (Å²) in [7, 11) is 9.64. The third kappa shape index (κ3) is 19.0. The molecule has 0 rings (SSSR count). The van der Waals surface area contributed by atoms with E-state index in [0.29, 0.717) is 0 Å². The summed E-state index contributed by atoms with van der Waals surface area (Å²) in [5.41, 5.74) is 0. The Bertz CT molecular complexity index is 402. The minimum atomic E-state index is -2.35. The Morgan fingerprint density at radius 2 is 0.556 bits per heavy atom. The summed E-state index contributed by atoms with van der Waals surface area (Å²) in [4.78, 5) is 0. The highest BCUT2D eigenvalue weighted by Gasteiger charge is 2.37. The molecule has 218 valence electrons. The fraction of sp³-hybridized carbons (Fsp3) is 1.00. The van der Waals surface area contributed by atoms with E-state index in [1.807, 2.05) is 0 Å². The van der Waals surface area contributed by atoms with E-state index in [4.69, 9.17) is 26.6 Å². The minimum Gasteiger partial charge on any atom is -0.377 e. The molecule has 0 spiro atoms. The van der Waals surface area contributed by atoms with E-state index >= 15 is 0 Å². The van der Waals surface area contributed by atoms with Crippen LogP contribution in [0.15, 0.2) is 0 Å². The quantitative estimate of drug-likeness (QED) is 0.0492. The van der Waals surface area contributed by atoms with Crippen LogP contribution < -0.4 is 0 Å². The molecule has 36 heavy (non-hydrogen) atoms. The molecule has 0 aromatic carbocycles. The lowest BCUT2D eigenvalue weighted by Gasteiger charge is -2.24. The lowest BCUT2D eigenvalue weighted by molar-refractivity contribution is 0.122. The van der Waals surface area contributed by atoms with Gasteiger partial charge in [-0.05, 0) is 25.7 Å². The molecule has 0 unspecified atom stereocenters. The number of unbranched alkanes of at least 4 members (excludes halogenated alkanes) is 14. The zero-order valence-electron chi connectivity index (χ0n) is 24.4. The first-order valence-electron chi connectivity index (χ1n) is 14.1. The Morgan fingerprint density at radius 3 is 0.806 bits per heavy atom. The van der Waals surface area contributed by atoms with E-state index in [2.05, 4.69) is 21.6 Å². The topological polar surface area (TPSA) is 55.4 Å². The predicted octanol–water partition coefficient (Wildman–Crippen LogP) is 8.37. The Kier molecular flexibility index (Phi) is 26.8. The molecule has 6 nitrogen and oxygen atoms in total. The number of hydrogen-bond donors (Lipinski definition) is 0. The van der Waals surface area contributed by atoms with Crippen LogP contribution in [-0.2, 0) is 26.6 Å². The van der Waals surface area contributed by atoms with Crippen molar-refractivity contribution < 1.29 is 26.6 Å². The van der Waals surface area contributed by atoms with Gasteiger partial charge in [0.05, 0.1) is 0 Å². The lowest BCUT2D eigenvalue weighted by atomic mass is 10.1. The molecular weight excluding hydrogens is 529 g/mol. The molecule has 10 heteroatoms. The molecule has 0 bridgehead atoms. The Morgan fingerprint density at radius 1 is 0.333 bits per heavy atom. The molecule has 0 aromatic rings. The van der Waals surface area contributed by atoms with Crippen molar-refractivity contribution >= 4 is 39.2 Å². The van der Waals surface area contributed by atoms with Gasteiger partial charge in [-0.25, -0.2) is 0 Å². The van der Waals surface area contributed by atoms with Crippen molar-refractivity contribution in [1.29, 1.82) is 0 Å². The second kappa shape index (κ2) is 26.1. The maximum Gasteiger partial charge on any atom is 0.500 e. The molecule has 0 N–H and O–H groups in total. The van der Waals surface area contributed by atoms with E-state index in [1.165, 1.54) is 101 Å². The van der Waals surface area contributed by atoms with Crippen molar-refractivity contribution in [3.05, 3.63) is 0 Å². The van der Waals surface area contributed by atoms with Crippen molar-refractivity contribution in [2.24, 2.45) is 0 Å². The maximum absolute atomic E-state index is 5.48. The van der Waals surface area contributed by atoms with Crippen LogP contribution in [0.3, 0.4) is 0 Å². The van der Waals surface area contributed by atoms with Crippen LogP contribution >= 0.6 is 21.6 Å². The normalized spacial score (nSPS) is 12.5. The molecule has 0 saturated heterocycles. The van der Waals surface area contributed by atoms with E-state index < -0.39 is 17.6 Å². The summed E-state index contributed by atoms with van der Waals surface area (Å²) in [6.07, 6.45) is 21.1. The van der Waals surface area contributed by atoms with Crippen LogP contribution in [0.5, 0.6) is 0 Å². The average Bonchev–Trinajstić information content (AvgIpc) is 2.92. The first kappa shape index (κ1) is 36.9. The SMILES string of the molecule is CO[Si](CCCCCCCCCCSSCCCCCCCCCC[Si](OC)(OC)OC)(OC)OC. The van der Waals surface area contributed by atoms with Crippen LogP contribution in [-0.4, -0.2) is 71.8 Å². The molecule has 0 heterocycles. The molecule has 0 radical (unpaired) electrons. The van der Waals surface area contributed by atoms with Gasteiger partial charge in [-0.1, -0.05) is 98.6 Å². The fourth-order valence-electron chi connectivity index (χ4n) is 4.36. The highest BCUT2D eigenvalue weighted by Crippen LogP contribution is 2.25. The zero-order valence-corrected chi connectivity index (χ0v) is 28.0. The summed E-state index contributed by atoms with van der Waals surface area (Å²) in [5, 5.41) is 0. The minimum absolute atomic E-state index is 0.925. The molecule has 0 aliphatic carbocycles. The fourth-order valence-corrected chi connectivity index (χ4v) is 10.2. The monoisotopic (exact) mass is 586 g/mol. The van der Waals surface area contributed by atoms with Gasteiger partial charge in [0, 0.05) is 66.3 Å².